The van der Waals surface area contributed by atoms with Crippen molar-refractivity contribution in [2.24, 2.45) is 7.05 Å². The molecule has 9 nitrogen and oxygen atoms in total. The van der Waals surface area contributed by atoms with Crippen molar-refractivity contribution in [3.63, 3.8) is 0 Å². The molecule has 1 aromatic carbocycles. The van der Waals surface area contributed by atoms with Crippen LogP contribution in [0.2, 0.25) is 0 Å². The maximum absolute atomic E-state index is 12.9. The highest BCUT2D eigenvalue weighted by molar-refractivity contribution is 7.99. The molecule has 0 spiro atoms. The van der Waals surface area contributed by atoms with Crippen molar-refractivity contribution in [2.45, 2.75) is 42.8 Å². The van der Waals surface area contributed by atoms with Crippen molar-refractivity contribution >= 4 is 29.3 Å². The number of aryl methyl sites for hydroxylation is 1. The summed E-state index contributed by atoms with van der Waals surface area (Å²) in [5, 5.41) is 21.6. The van der Waals surface area contributed by atoms with E-state index in [2.05, 4.69) is 27.4 Å². The molecule has 3 heterocycles. The largest absolute Gasteiger partial charge is 0.391 e. The Labute approximate surface area is 196 Å². The Morgan fingerprint density at radius 1 is 1.27 bits per heavy atom. The lowest BCUT2D eigenvalue weighted by molar-refractivity contribution is 0.0726. The molecule has 0 radical (unpaired) electrons. The number of likely N-dealkylation sites (tertiary alicyclic amines) is 1. The van der Waals surface area contributed by atoms with E-state index in [9.17, 15) is 14.7 Å². The van der Waals surface area contributed by atoms with E-state index in [1.54, 1.807) is 29.1 Å². The predicted octanol–water partition coefficient (Wildman–Crippen LogP) is 2.91. The summed E-state index contributed by atoms with van der Waals surface area (Å²) < 4.78 is 1.86. The number of aromatic nitrogens is 4. The maximum Gasteiger partial charge on any atom is 0.274 e. The average Bonchev–Trinajstić information content (AvgIpc) is 3.37. The molecule has 1 fully saturated rings. The smallest absolute Gasteiger partial charge is 0.274 e. The van der Waals surface area contributed by atoms with E-state index in [1.165, 1.54) is 12.3 Å². The van der Waals surface area contributed by atoms with E-state index < -0.39 is 12.0 Å². The lowest BCUT2D eigenvalue weighted by Gasteiger charge is -2.21. The molecule has 10 heteroatoms. The molecular weight excluding hydrogens is 440 g/mol. The Kier molecular flexibility index (Phi) is 6.75. The van der Waals surface area contributed by atoms with Crippen LogP contribution < -0.4 is 5.32 Å². The average molecular weight is 467 g/mol. The van der Waals surface area contributed by atoms with Gasteiger partial charge in [0.1, 0.15) is 12.0 Å². The number of nitrogens with zero attached hydrogens (tertiary/aromatic N) is 5. The van der Waals surface area contributed by atoms with E-state index in [0.29, 0.717) is 24.2 Å². The predicted molar refractivity (Wildman–Crippen MR) is 125 cm³/mol. The van der Waals surface area contributed by atoms with E-state index in [4.69, 9.17) is 0 Å². The zero-order valence-corrected chi connectivity index (χ0v) is 19.5. The van der Waals surface area contributed by atoms with Crippen molar-refractivity contribution in [2.75, 3.05) is 11.9 Å². The van der Waals surface area contributed by atoms with E-state index in [-0.39, 0.29) is 22.9 Å². The maximum atomic E-state index is 12.9. The van der Waals surface area contributed by atoms with Gasteiger partial charge in [-0.15, -0.1) is 10.2 Å². The van der Waals surface area contributed by atoms with E-state index in [0.717, 1.165) is 10.7 Å². The van der Waals surface area contributed by atoms with Crippen LogP contribution in [-0.2, 0) is 7.05 Å². The van der Waals surface area contributed by atoms with Gasteiger partial charge in [-0.25, -0.2) is 0 Å². The van der Waals surface area contributed by atoms with Gasteiger partial charge in [0, 0.05) is 42.3 Å². The molecular formula is C23H26N6O3S. The van der Waals surface area contributed by atoms with Crippen LogP contribution in [0, 0.1) is 0 Å². The standard InChI is InChI=1S/C23H26N6O3S/c1-14-9-19(30)12-29(14)22(32)17-7-8-24-20(11-17)21(31)26-18-6-4-5-16(10-18)15(2)33-23-27-25-13-28(23)3/h4-8,10-11,13-15,19,30H,9,12H2,1-3H3,(H,26,31)/t14-,15?,19+/m1/s1. The zero-order valence-electron chi connectivity index (χ0n) is 18.7. The third-order valence-corrected chi connectivity index (χ3v) is 6.83. The highest BCUT2D eigenvalue weighted by Crippen LogP contribution is 2.34. The molecule has 4 rings (SSSR count). The number of amides is 2. The quantitative estimate of drug-likeness (QED) is 0.537. The molecule has 1 aliphatic rings. The normalized spacial score (nSPS) is 18.8. The van der Waals surface area contributed by atoms with Crippen molar-refractivity contribution in [1.82, 2.24) is 24.6 Å². The number of rotatable bonds is 6. The summed E-state index contributed by atoms with van der Waals surface area (Å²) >= 11 is 1.58. The van der Waals surface area contributed by atoms with Crippen LogP contribution in [0.5, 0.6) is 0 Å². The number of carbonyl (C=O) groups is 2. The van der Waals surface area contributed by atoms with Gasteiger partial charge < -0.3 is 19.9 Å². The SMILES string of the molecule is CC(Sc1nncn1C)c1cccc(NC(=O)c2cc(C(=O)N3C[C@@H](O)C[C@H]3C)ccn2)c1. The number of hydrogen-bond donors (Lipinski definition) is 2. The first kappa shape index (κ1) is 22.9. The lowest BCUT2D eigenvalue weighted by atomic mass is 10.1. The molecule has 3 atom stereocenters. The van der Waals surface area contributed by atoms with Crippen molar-refractivity contribution < 1.29 is 14.7 Å². The number of aliphatic hydroxyl groups excluding tert-OH is 1. The molecule has 2 aromatic heterocycles. The minimum absolute atomic E-state index is 0.0536. The molecule has 3 aromatic rings. The van der Waals surface area contributed by atoms with Crippen LogP contribution in [0.25, 0.3) is 0 Å². The van der Waals surface area contributed by atoms with Crippen LogP contribution in [0.3, 0.4) is 0 Å². The Morgan fingerprint density at radius 2 is 2.09 bits per heavy atom. The first-order valence-electron chi connectivity index (χ1n) is 10.7. The number of thioether (sulfide) groups is 1. The van der Waals surface area contributed by atoms with Gasteiger partial charge in [0.15, 0.2) is 5.16 Å². The van der Waals surface area contributed by atoms with E-state index in [1.807, 2.05) is 42.8 Å². The second kappa shape index (κ2) is 9.72. The van der Waals surface area contributed by atoms with Gasteiger partial charge in [-0.05, 0) is 50.1 Å². The topological polar surface area (TPSA) is 113 Å². The van der Waals surface area contributed by atoms with Crippen LogP contribution in [-0.4, -0.2) is 60.3 Å². The van der Waals surface area contributed by atoms with Crippen molar-refractivity contribution in [3.05, 3.63) is 65.7 Å². The number of carbonyl (C=O) groups excluding carboxylic acids is 2. The third kappa shape index (κ3) is 5.23. The number of pyridine rings is 1. The van der Waals surface area contributed by atoms with Gasteiger partial charge in [0.2, 0.25) is 0 Å². The summed E-state index contributed by atoms with van der Waals surface area (Å²) in [6, 6.07) is 10.6. The molecule has 0 saturated carbocycles. The first-order chi connectivity index (χ1) is 15.8. The van der Waals surface area contributed by atoms with Crippen LogP contribution in [0.1, 0.15) is 51.9 Å². The second-order valence-electron chi connectivity index (χ2n) is 8.19. The molecule has 0 aliphatic carbocycles. The fraction of sp³-hybridized carbons (Fsp3) is 0.348. The number of hydrogen-bond acceptors (Lipinski definition) is 7. The number of β-amino-alcohol motifs (C(OH)–C–C–N with tert-alkyl or cyclic N) is 1. The Bertz CT molecular complexity index is 1170. The molecule has 1 saturated heterocycles. The fourth-order valence-electron chi connectivity index (χ4n) is 3.81. The minimum atomic E-state index is -0.518. The van der Waals surface area contributed by atoms with Crippen LogP contribution in [0.4, 0.5) is 5.69 Å². The molecule has 1 aliphatic heterocycles. The van der Waals surface area contributed by atoms with Crippen molar-refractivity contribution in [3.8, 4) is 0 Å². The molecule has 2 N–H and O–H groups in total. The molecule has 1 unspecified atom stereocenters. The third-order valence-electron chi connectivity index (χ3n) is 5.62. The molecule has 0 bridgehead atoms. The Hall–Kier alpha value is -3.24. The van der Waals surface area contributed by atoms with Gasteiger partial charge in [-0.2, -0.15) is 0 Å². The summed E-state index contributed by atoms with van der Waals surface area (Å²) in [7, 11) is 1.89. The highest BCUT2D eigenvalue weighted by atomic mass is 32.2. The first-order valence-corrected chi connectivity index (χ1v) is 11.6. The number of benzene rings is 1. The molecule has 172 valence electrons. The summed E-state index contributed by atoms with van der Waals surface area (Å²) in [5.74, 6) is -0.614. The number of nitrogens with one attached hydrogen (secondary N) is 1. The summed E-state index contributed by atoms with van der Waals surface area (Å²) in [6.45, 7) is 4.26. The Balaban J connectivity index is 1.45. The summed E-state index contributed by atoms with van der Waals surface area (Å²) in [6.07, 6.45) is 3.14. The second-order valence-corrected chi connectivity index (χ2v) is 9.50. The minimum Gasteiger partial charge on any atom is -0.391 e. The van der Waals surface area contributed by atoms with Crippen LogP contribution >= 0.6 is 11.8 Å². The molecule has 33 heavy (non-hydrogen) atoms. The number of aliphatic hydroxyl groups is 1. The van der Waals surface area contributed by atoms with Gasteiger partial charge in [-0.1, -0.05) is 23.9 Å². The van der Waals surface area contributed by atoms with Gasteiger partial charge in [0.05, 0.1) is 6.10 Å². The van der Waals surface area contributed by atoms with Crippen molar-refractivity contribution in [1.29, 1.82) is 0 Å². The highest BCUT2D eigenvalue weighted by Gasteiger charge is 2.32. The number of anilines is 1. The van der Waals surface area contributed by atoms with Gasteiger partial charge in [0.25, 0.3) is 11.8 Å². The fourth-order valence-corrected chi connectivity index (χ4v) is 4.72. The van der Waals surface area contributed by atoms with Gasteiger partial charge >= 0.3 is 0 Å². The summed E-state index contributed by atoms with van der Waals surface area (Å²) in [4.78, 5) is 31.5. The van der Waals surface area contributed by atoms with Gasteiger partial charge in [-0.3, -0.25) is 14.6 Å². The zero-order chi connectivity index (χ0) is 23.5. The monoisotopic (exact) mass is 466 g/mol. The lowest BCUT2D eigenvalue weighted by Crippen LogP contribution is -2.34. The Morgan fingerprint density at radius 3 is 2.79 bits per heavy atom. The summed E-state index contributed by atoms with van der Waals surface area (Å²) in [5.41, 5.74) is 2.19. The van der Waals surface area contributed by atoms with Crippen LogP contribution in [0.15, 0.2) is 54.1 Å². The molecule has 2 amide bonds. The van der Waals surface area contributed by atoms with E-state index >= 15 is 0 Å².